The molecule has 3 rings (SSSR count). The van der Waals surface area contributed by atoms with E-state index in [9.17, 15) is 0 Å². The summed E-state index contributed by atoms with van der Waals surface area (Å²) < 4.78 is 5.91. The minimum Gasteiger partial charge on any atom is -0.436 e. The molecule has 1 N–H and O–H groups in total. The van der Waals surface area contributed by atoms with Crippen LogP contribution in [0.5, 0.6) is 0 Å². The maximum atomic E-state index is 9.12. The number of aliphatic hydroxyl groups is 1. The molecule has 0 aliphatic heterocycles. The molecule has 0 saturated heterocycles. The van der Waals surface area contributed by atoms with Crippen LogP contribution in [0.3, 0.4) is 0 Å². The van der Waals surface area contributed by atoms with Gasteiger partial charge < -0.3 is 9.52 Å². The predicted octanol–water partition coefficient (Wildman–Crippen LogP) is 4.92. The smallest absolute Gasteiger partial charge is 0.226 e. The highest BCUT2D eigenvalue weighted by Gasteiger charge is 2.10. The Hall–Kier alpha value is -2.72. The van der Waals surface area contributed by atoms with Crippen LogP contribution in [0.2, 0.25) is 0 Å². The summed E-state index contributed by atoms with van der Waals surface area (Å²) in [5, 5.41) is 9.12. The van der Waals surface area contributed by atoms with Gasteiger partial charge in [-0.25, -0.2) is 4.98 Å². The molecule has 1 heterocycles. The molecule has 122 valence electrons. The highest BCUT2D eigenvalue weighted by atomic mass is 16.4. The molecule has 2 aromatic carbocycles. The number of rotatable bonds is 4. The second kappa shape index (κ2) is 6.81. The summed E-state index contributed by atoms with van der Waals surface area (Å²) in [7, 11) is 0. The van der Waals surface area contributed by atoms with Gasteiger partial charge in [-0.2, -0.15) is 0 Å². The summed E-state index contributed by atoms with van der Waals surface area (Å²) in [6, 6.07) is 13.6. The fourth-order valence-electron chi connectivity index (χ4n) is 2.42. The minimum atomic E-state index is 0.0332. The molecule has 0 spiro atoms. The van der Waals surface area contributed by atoms with Crippen LogP contribution < -0.4 is 0 Å². The number of hydrogen-bond acceptors (Lipinski definition) is 4. The number of aliphatic hydroxyl groups excluding tert-OH is 1. The van der Waals surface area contributed by atoms with Crippen LogP contribution in [-0.2, 0) is 6.61 Å². The normalized spacial score (nSPS) is 10.7. The van der Waals surface area contributed by atoms with Crippen molar-refractivity contribution in [2.45, 2.75) is 27.4 Å². The van der Waals surface area contributed by atoms with E-state index in [0.29, 0.717) is 11.7 Å². The molecule has 0 amide bonds. The van der Waals surface area contributed by atoms with E-state index in [1.54, 1.807) is 6.20 Å². The summed E-state index contributed by atoms with van der Waals surface area (Å²) in [6.07, 6.45) is 1.72. The van der Waals surface area contributed by atoms with E-state index in [0.717, 1.165) is 33.7 Å². The van der Waals surface area contributed by atoms with Gasteiger partial charge in [0.15, 0.2) is 5.76 Å². The molecule has 24 heavy (non-hydrogen) atoms. The van der Waals surface area contributed by atoms with Crippen LogP contribution in [0.4, 0.5) is 5.69 Å². The van der Waals surface area contributed by atoms with E-state index in [2.05, 4.69) is 9.98 Å². The Balaban J connectivity index is 1.94. The largest absolute Gasteiger partial charge is 0.436 e. The fraction of sp³-hybridized carbons (Fsp3) is 0.200. The van der Waals surface area contributed by atoms with Gasteiger partial charge in [0.1, 0.15) is 0 Å². The van der Waals surface area contributed by atoms with Crippen LogP contribution in [-0.4, -0.2) is 15.8 Å². The summed E-state index contributed by atoms with van der Waals surface area (Å²) in [5.41, 5.74) is 5.76. The van der Waals surface area contributed by atoms with Crippen molar-refractivity contribution in [3.05, 3.63) is 59.8 Å². The number of aromatic nitrogens is 1. The van der Waals surface area contributed by atoms with Gasteiger partial charge in [-0.15, -0.1) is 0 Å². The maximum absolute atomic E-state index is 9.12. The Labute approximate surface area is 141 Å². The predicted molar refractivity (Wildman–Crippen MR) is 96.5 cm³/mol. The Morgan fingerprint density at radius 1 is 1.08 bits per heavy atom. The number of nitrogens with zero attached hydrogens (tertiary/aromatic N) is 2. The molecule has 1 aromatic heterocycles. The average molecular weight is 320 g/mol. The lowest BCUT2D eigenvalue weighted by molar-refractivity contribution is 0.282. The maximum Gasteiger partial charge on any atom is 0.226 e. The summed E-state index contributed by atoms with van der Waals surface area (Å²) in [6.45, 7) is 6.03. The molecule has 0 radical (unpaired) electrons. The molecule has 0 atom stereocenters. The quantitative estimate of drug-likeness (QED) is 0.694. The highest BCUT2D eigenvalue weighted by Crippen LogP contribution is 2.30. The lowest BCUT2D eigenvalue weighted by atomic mass is 10.1. The van der Waals surface area contributed by atoms with Crippen LogP contribution in [0.25, 0.3) is 22.8 Å². The van der Waals surface area contributed by atoms with Crippen molar-refractivity contribution in [2.24, 2.45) is 4.99 Å². The van der Waals surface area contributed by atoms with Gasteiger partial charge in [0.05, 0.1) is 18.5 Å². The van der Waals surface area contributed by atoms with Crippen molar-refractivity contribution in [2.75, 3.05) is 0 Å². The van der Waals surface area contributed by atoms with Crippen LogP contribution in [0.15, 0.2) is 58.1 Å². The first-order chi connectivity index (χ1) is 11.6. The molecule has 4 heteroatoms. The summed E-state index contributed by atoms with van der Waals surface area (Å²) in [5.74, 6) is 1.27. The zero-order valence-electron chi connectivity index (χ0n) is 14.1. The third-order valence-corrected chi connectivity index (χ3v) is 3.73. The average Bonchev–Trinajstić information content (AvgIpc) is 3.06. The first-order valence-corrected chi connectivity index (χ1v) is 7.86. The van der Waals surface area contributed by atoms with Crippen molar-refractivity contribution in [1.82, 2.24) is 4.98 Å². The Kier molecular flexibility index (Phi) is 4.58. The van der Waals surface area contributed by atoms with E-state index in [-0.39, 0.29) is 6.61 Å². The van der Waals surface area contributed by atoms with Gasteiger partial charge in [-0.3, -0.25) is 4.99 Å². The van der Waals surface area contributed by atoms with Crippen molar-refractivity contribution in [1.29, 1.82) is 0 Å². The summed E-state index contributed by atoms with van der Waals surface area (Å²) in [4.78, 5) is 8.94. The van der Waals surface area contributed by atoms with Crippen molar-refractivity contribution < 1.29 is 9.52 Å². The molecular weight excluding hydrogens is 300 g/mol. The van der Waals surface area contributed by atoms with Gasteiger partial charge in [-0.1, -0.05) is 30.3 Å². The third kappa shape index (κ3) is 3.44. The second-order valence-electron chi connectivity index (χ2n) is 5.94. The SMILES string of the molecule is CC(C)=Nc1cc(-c2ncc(-c3ccc(CO)cc3)o2)ccc1C. The van der Waals surface area contributed by atoms with E-state index in [1.807, 2.05) is 63.2 Å². The number of benzene rings is 2. The monoisotopic (exact) mass is 320 g/mol. The Morgan fingerprint density at radius 3 is 2.46 bits per heavy atom. The first kappa shape index (κ1) is 16.1. The van der Waals surface area contributed by atoms with E-state index < -0.39 is 0 Å². The van der Waals surface area contributed by atoms with Crippen LogP contribution in [0.1, 0.15) is 25.0 Å². The molecule has 0 aliphatic carbocycles. The zero-order valence-corrected chi connectivity index (χ0v) is 14.1. The lowest BCUT2D eigenvalue weighted by Gasteiger charge is -2.03. The van der Waals surface area contributed by atoms with E-state index in [4.69, 9.17) is 9.52 Å². The zero-order chi connectivity index (χ0) is 17.1. The van der Waals surface area contributed by atoms with E-state index >= 15 is 0 Å². The first-order valence-electron chi connectivity index (χ1n) is 7.86. The van der Waals surface area contributed by atoms with Crippen LogP contribution >= 0.6 is 0 Å². The Morgan fingerprint density at radius 2 is 1.79 bits per heavy atom. The third-order valence-electron chi connectivity index (χ3n) is 3.73. The van der Waals surface area contributed by atoms with Crippen molar-refractivity contribution in [3.63, 3.8) is 0 Å². The van der Waals surface area contributed by atoms with Gasteiger partial charge in [0, 0.05) is 16.8 Å². The molecular formula is C20H20N2O2. The molecule has 3 aromatic rings. The number of aryl methyl sites for hydroxylation is 1. The Bertz CT molecular complexity index is 873. The van der Waals surface area contributed by atoms with Crippen molar-refractivity contribution >= 4 is 11.4 Å². The molecule has 0 aliphatic rings. The van der Waals surface area contributed by atoms with Gasteiger partial charge in [0.2, 0.25) is 5.89 Å². The van der Waals surface area contributed by atoms with Crippen molar-refractivity contribution in [3.8, 4) is 22.8 Å². The molecule has 4 nitrogen and oxygen atoms in total. The summed E-state index contributed by atoms with van der Waals surface area (Å²) >= 11 is 0. The second-order valence-corrected chi connectivity index (χ2v) is 5.94. The highest BCUT2D eigenvalue weighted by molar-refractivity contribution is 5.83. The molecule has 0 unspecified atom stereocenters. The van der Waals surface area contributed by atoms with Gasteiger partial charge >= 0.3 is 0 Å². The van der Waals surface area contributed by atoms with Gasteiger partial charge in [-0.05, 0) is 44.0 Å². The number of oxazole rings is 1. The van der Waals surface area contributed by atoms with Crippen LogP contribution in [0, 0.1) is 6.92 Å². The van der Waals surface area contributed by atoms with Gasteiger partial charge in [0.25, 0.3) is 0 Å². The topological polar surface area (TPSA) is 58.6 Å². The molecule has 0 saturated carbocycles. The number of hydrogen-bond donors (Lipinski definition) is 1. The number of aliphatic imine (C=N–C) groups is 1. The lowest BCUT2D eigenvalue weighted by Crippen LogP contribution is -1.84. The molecule has 0 fully saturated rings. The van der Waals surface area contributed by atoms with E-state index in [1.165, 1.54) is 0 Å². The minimum absolute atomic E-state index is 0.0332. The molecule has 0 bridgehead atoms. The fourth-order valence-corrected chi connectivity index (χ4v) is 2.42. The standard InChI is InChI=1S/C20H20N2O2/c1-13(2)22-18-10-17(7-4-14(18)3)20-21-11-19(24-20)16-8-5-15(12-23)6-9-16/h4-11,23H,12H2,1-3H3.